The molecule has 0 radical (unpaired) electrons. The first kappa shape index (κ1) is 16.3. The minimum atomic E-state index is -0.484. The van der Waals surface area contributed by atoms with Gasteiger partial charge in [0.05, 0.1) is 0 Å². The Morgan fingerprint density at radius 2 is 2.14 bits per heavy atom. The predicted molar refractivity (Wildman–Crippen MR) is 86.9 cm³/mol. The number of nitrogens with one attached hydrogen (secondary N) is 1. The van der Waals surface area contributed by atoms with E-state index >= 15 is 0 Å². The first-order valence-corrected chi connectivity index (χ1v) is 8.02. The highest BCUT2D eigenvalue weighted by Gasteiger charge is 2.19. The van der Waals surface area contributed by atoms with E-state index in [-0.39, 0.29) is 5.54 Å². The van der Waals surface area contributed by atoms with Crippen molar-refractivity contribution in [1.29, 1.82) is 0 Å². The van der Waals surface area contributed by atoms with Crippen molar-refractivity contribution in [2.45, 2.75) is 58.6 Å². The standard InChI is InChI=1S/C18H29NO2/c1-13-8-9-16-14(10-13)6-5-7-17(16)21-12-15(20)11-19-18(2,3)4/h5-7,13,15,19-20H,8-12H2,1-4H3. The van der Waals surface area contributed by atoms with Gasteiger partial charge in [-0.2, -0.15) is 0 Å². The molecule has 0 heterocycles. The predicted octanol–water partition coefficient (Wildman–Crippen LogP) is 2.94. The highest BCUT2D eigenvalue weighted by Crippen LogP contribution is 2.31. The van der Waals surface area contributed by atoms with E-state index in [4.69, 9.17) is 4.74 Å². The smallest absolute Gasteiger partial charge is 0.122 e. The summed E-state index contributed by atoms with van der Waals surface area (Å²) in [5.41, 5.74) is 2.77. The van der Waals surface area contributed by atoms with Crippen LogP contribution in [0.15, 0.2) is 18.2 Å². The minimum Gasteiger partial charge on any atom is -0.491 e. The van der Waals surface area contributed by atoms with Gasteiger partial charge in [-0.25, -0.2) is 0 Å². The molecule has 0 spiro atoms. The number of benzene rings is 1. The van der Waals surface area contributed by atoms with Gasteiger partial charge in [0.1, 0.15) is 18.5 Å². The Hall–Kier alpha value is -1.06. The summed E-state index contributed by atoms with van der Waals surface area (Å²) in [6.45, 7) is 9.48. The molecule has 0 fully saturated rings. The van der Waals surface area contributed by atoms with Crippen LogP contribution in [0.1, 0.15) is 45.2 Å². The summed E-state index contributed by atoms with van der Waals surface area (Å²) in [7, 11) is 0. The number of aliphatic hydroxyl groups excluding tert-OH is 1. The zero-order valence-corrected chi connectivity index (χ0v) is 13.8. The molecule has 0 aromatic heterocycles. The second-order valence-electron chi connectivity index (χ2n) is 7.34. The molecule has 1 aliphatic rings. The lowest BCUT2D eigenvalue weighted by atomic mass is 9.84. The van der Waals surface area contributed by atoms with Gasteiger partial charge in [0.15, 0.2) is 0 Å². The van der Waals surface area contributed by atoms with Gasteiger partial charge in [0, 0.05) is 12.1 Å². The average molecular weight is 291 g/mol. The van der Waals surface area contributed by atoms with Gasteiger partial charge in [-0.15, -0.1) is 0 Å². The van der Waals surface area contributed by atoms with E-state index in [1.54, 1.807) is 0 Å². The molecular formula is C18H29NO2. The molecular weight excluding hydrogens is 262 g/mol. The topological polar surface area (TPSA) is 41.5 Å². The van der Waals surface area contributed by atoms with Crippen molar-refractivity contribution in [2.75, 3.05) is 13.2 Å². The van der Waals surface area contributed by atoms with Gasteiger partial charge in [0.25, 0.3) is 0 Å². The maximum absolute atomic E-state index is 10.0. The van der Waals surface area contributed by atoms with Crippen LogP contribution in [-0.4, -0.2) is 29.9 Å². The lowest BCUT2D eigenvalue weighted by Gasteiger charge is -2.25. The molecule has 21 heavy (non-hydrogen) atoms. The van der Waals surface area contributed by atoms with Crippen LogP contribution < -0.4 is 10.1 Å². The van der Waals surface area contributed by atoms with Crippen LogP contribution in [0.3, 0.4) is 0 Å². The van der Waals surface area contributed by atoms with Gasteiger partial charge in [-0.1, -0.05) is 19.1 Å². The average Bonchev–Trinajstić information content (AvgIpc) is 2.41. The number of hydrogen-bond donors (Lipinski definition) is 2. The third-order valence-corrected chi connectivity index (χ3v) is 3.98. The molecule has 1 aromatic carbocycles. The molecule has 0 aliphatic heterocycles. The van der Waals surface area contributed by atoms with E-state index in [2.05, 4.69) is 45.1 Å². The summed E-state index contributed by atoms with van der Waals surface area (Å²) >= 11 is 0. The molecule has 2 rings (SSSR count). The molecule has 0 saturated carbocycles. The molecule has 118 valence electrons. The van der Waals surface area contributed by atoms with Crippen LogP contribution in [0.5, 0.6) is 5.75 Å². The van der Waals surface area contributed by atoms with E-state index in [0.717, 1.165) is 24.5 Å². The van der Waals surface area contributed by atoms with Gasteiger partial charge < -0.3 is 15.2 Å². The zero-order chi connectivity index (χ0) is 15.5. The van der Waals surface area contributed by atoms with Crippen molar-refractivity contribution in [3.8, 4) is 5.75 Å². The fraction of sp³-hybridized carbons (Fsp3) is 0.667. The monoisotopic (exact) mass is 291 g/mol. The third-order valence-electron chi connectivity index (χ3n) is 3.98. The molecule has 2 N–H and O–H groups in total. The molecule has 3 heteroatoms. The van der Waals surface area contributed by atoms with E-state index in [0.29, 0.717) is 13.2 Å². The Bertz CT molecular complexity index is 465. The molecule has 2 atom stereocenters. The summed E-state index contributed by atoms with van der Waals surface area (Å²) in [6.07, 6.45) is 2.97. The highest BCUT2D eigenvalue weighted by atomic mass is 16.5. The SMILES string of the molecule is CC1CCc2c(cccc2OCC(O)CNC(C)(C)C)C1. The number of aliphatic hydroxyl groups is 1. The number of rotatable bonds is 5. The Kier molecular flexibility index (Phi) is 5.28. The maximum atomic E-state index is 10.0. The number of fused-ring (bicyclic) bond motifs is 1. The third kappa shape index (κ3) is 5.01. The van der Waals surface area contributed by atoms with Gasteiger partial charge >= 0.3 is 0 Å². The van der Waals surface area contributed by atoms with E-state index in [1.807, 2.05) is 6.07 Å². The molecule has 0 saturated heterocycles. The maximum Gasteiger partial charge on any atom is 0.122 e. The summed E-state index contributed by atoms with van der Waals surface area (Å²) in [6, 6.07) is 6.29. The van der Waals surface area contributed by atoms with Crippen molar-refractivity contribution in [3.63, 3.8) is 0 Å². The lowest BCUT2D eigenvalue weighted by Crippen LogP contribution is -2.42. The molecule has 0 bridgehead atoms. The molecule has 0 amide bonds. The summed E-state index contributed by atoms with van der Waals surface area (Å²) in [4.78, 5) is 0. The van der Waals surface area contributed by atoms with E-state index in [1.165, 1.54) is 17.5 Å². The fourth-order valence-corrected chi connectivity index (χ4v) is 2.76. The van der Waals surface area contributed by atoms with Crippen LogP contribution >= 0.6 is 0 Å². The van der Waals surface area contributed by atoms with Crippen LogP contribution in [-0.2, 0) is 12.8 Å². The fourth-order valence-electron chi connectivity index (χ4n) is 2.76. The zero-order valence-electron chi connectivity index (χ0n) is 13.8. The van der Waals surface area contributed by atoms with Crippen molar-refractivity contribution >= 4 is 0 Å². The number of ether oxygens (including phenoxy) is 1. The van der Waals surface area contributed by atoms with Gasteiger partial charge in [0.2, 0.25) is 0 Å². The minimum absolute atomic E-state index is 0.0169. The Balaban J connectivity index is 1.90. The second kappa shape index (κ2) is 6.80. The number of hydrogen-bond acceptors (Lipinski definition) is 3. The van der Waals surface area contributed by atoms with Crippen molar-refractivity contribution in [3.05, 3.63) is 29.3 Å². The molecule has 1 aromatic rings. The first-order valence-electron chi connectivity index (χ1n) is 8.02. The van der Waals surface area contributed by atoms with E-state index in [9.17, 15) is 5.11 Å². The second-order valence-corrected chi connectivity index (χ2v) is 7.34. The molecule has 2 unspecified atom stereocenters. The molecule has 1 aliphatic carbocycles. The largest absolute Gasteiger partial charge is 0.491 e. The Labute approximate surface area is 128 Å². The molecule has 3 nitrogen and oxygen atoms in total. The van der Waals surface area contributed by atoms with Crippen LogP contribution in [0.25, 0.3) is 0 Å². The first-order chi connectivity index (χ1) is 9.85. The summed E-state index contributed by atoms with van der Waals surface area (Å²) < 4.78 is 5.88. The van der Waals surface area contributed by atoms with Crippen molar-refractivity contribution < 1.29 is 9.84 Å². The van der Waals surface area contributed by atoms with Crippen molar-refractivity contribution in [1.82, 2.24) is 5.32 Å². The highest BCUT2D eigenvalue weighted by molar-refractivity contribution is 5.42. The Morgan fingerprint density at radius 3 is 2.86 bits per heavy atom. The van der Waals surface area contributed by atoms with Crippen LogP contribution in [0.2, 0.25) is 0 Å². The summed E-state index contributed by atoms with van der Waals surface area (Å²) in [5.74, 6) is 1.71. The summed E-state index contributed by atoms with van der Waals surface area (Å²) in [5, 5.41) is 13.3. The van der Waals surface area contributed by atoms with Crippen LogP contribution in [0.4, 0.5) is 0 Å². The lowest BCUT2D eigenvalue weighted by molar-refractivity contribution is 0.0993. The van der Waals surface area contributed by atoms with E-state index < -0.39 is 6.10 Å². The Morgan fingerprint density at radius 1 is 1.38 bits per heavy atom. The quantitative estimate of drug-likeness (QED) is 0.876. The van der Waals surface area contributed by atoms with Gasteiger partial charge in [-0.3, -0.25) is 0 Å². The van der Waals surface area contributed by atoms with Gasteiger partial charge in [-0.05, 0) is 63.1 Å². The normalized spacial score (nSPS) is 20.0. The van der Waals surface area contributed by atoms with Crippen LogP contribution in [0, 0.1) is 5.92 Å². The van der Waals surface area contributed by atoms with Crippen molar-refractivity contribution in [2.24, 2.45) is 5.92 Å². The number of β-amino-alcohol motifs (C(OH)–C–C–N with tert-alkyl or cyclic N) is 1.